The van der Waals surface area contributed by atoms with E-state index < -0.39 is 5.69 Å². The molecule has 0 bridgehead atoms. The van der Waals surface area contributed by atoms with Crippen molar-refractivity contribution < 1.29 is 4.79 Å². The van der Waals surface area contributed by atoms with Crippen LogP contribution >= 0.6 is 11.3 Å². The minimum absolute atomic E-state index is 0.00704. The predicted molar refractivity (Wildman–Crippen MR) is 86.3 cm³/mol. The molecule has 1 fully saturated rings. The average molecular weight is 321 g/mol. The van der Waals surface area contributed by atoms with Crippen molar-refractivity contribution in [1.82, 2.24) is 14.0 Å². The lowest BCUT2D eigenvalue weighted by molar-refractivity contribution is -0.133. The summed E-state index contributed by atoms with van der Waals surface area (Å²) < 4.78 is 3.00. The highest BCUT2D eigenvalue weighted by atomic mass is 32.1. The summed E-state index contributed by atoms with van der Waals surface area (Å²) in [6.07, 6.45) is 2.14. The van der Waals surface area contributed by atoms with Crippen LogP contribution in [0.15, 0.2) is 21.0 Å². The Morgan fingerprint density at radius 2 is 2.18 bits per heavy atom. The van der Waals surface area contributed by atoms with E-state index in [0.717, 1.165) is 30.5 Å². The molecule has 22 heavy (non-hydrogen) atoms. The fourth-order valence-electron chi connectivity index (χ4n) is 3.00. The van der Waals surface area contributed by atoms with Gasteiger partial charge in [0.1, 0.15) is 11.2 Å². The van der Waals surface area contributed by atoms with E-state index in [9.17, 15) is 14.4 Å². The maximum Gasteiger partial charge on any atom is 0.331 e. The molecule has 6 nitrogen and oxygen atoms in total. The molecule has 1 aliphatic rings. The minimum Gasteiger partial charge on any atom is -0.341 e. The highest BCUT2D eigenvalue weighted by molar-refractivity contribution is 7.17. The molecule has 1 saturated heterocycles. The van der Waals surface area contributed by atoms with Gasteiger partial charge >= 0.3 is 5.69 Å². The Morgan fingerprint density at radius 1 is 1.41 bits per heavy atom. The summed E-state index contributed by atoms with van der Waals surface area (Å²) in [6.45, 7) is 3.62. The summed E-state index contributed by atoms with van der Waals surface area (Å²) in [6, 6.07) is 1.73. The molecule has 118 valence electrons. The topological polar surface area (TPSA) is 64.3 Å². The molecule has 3 heterocycles. The van der Waals surface area contributed by atoms with E-state index in [-0.39, 0.29) is 18.0 Å². The third kappa shape index (κ3) is 2.49. The molecule has 3 rings (SSSR count). The van der Waals surface area contributed by atoms with Gasteiger partial charge in [0.2, 0.25) is 5.91 Å². The SMILES string of the molecule is CC1CCCN(C(=O)Cn2c(=O)n(C)c(=O)c3sccc32)C1. The molecule has 2 aromatic heterocycles. The van der Waals surface area contributed by atoms with Gasteiger partial charge < -0.3 is 4.90 Å². The fourth-order valence-corrected chi connectivity index (χ4v) is 3.87. The highest BCUT2D eigenvalue weighted by Gasteiger charge is 2.22. The Morgan fingerprint density at radius 3 is 2.91 bits per heavy atom. The van der Waals surface area contributed by atoms with E-state index >= 15 is 0 Å². The van der Waals surface area contributed by atoms with Gasteiger partial charge in [0, 0.05) is 20.1 Å². The van der Waals surface area contributed by atoms with Crippen molar-refractivity contribution in [1.29, 1.82) is 0 Å². The predicted octanol–water partition coefficient (Wildman–Crippen LogP) is 1.02. The Kier molecular flexibility index (Phi) is 3.90. The molecule has 0 spiro atoms. The quantitative estimate of drug-likeness (QED) is 0.829. The van der Waals surface area contributed by atoms with E-state index in [2.05, 4.69) is 6.92 Å². The molecule has 1 amide bonds. The number of fused-ring (bicyclic) bond motifs is 1. The number of carbonyl (C=O) groups is 1. The van der Waals surface area contributed by atoms with Crippen molar-refractivity contribution in [2.45, 2.75) is 26.3 Å². The second-order valence-corrected chi connectivity index (χ2v) is 6.87. The lowest BCUT2D eigenvalue weighted by Crippen LogP contribution is -2.44. The van der Waals surface area contributed by atoms with Crippen LogP contribution in [0.5, 0.6) is 0 Å². The first-order valence-corrected chi connectivity index (χ1v) is 8.32. The van der Waals surface area contributed by atoms with Gasteiger partial charge in [0.05, 0.1) is 5.52 Å². The molecule has 7 heteroatoms. The Bertz CT molecular complexity index is 833. The lowest BCUT2D eigenvalue weighted by Gasteiger charge is -2.31. The Labute approximate surface area is 131 Å². The summed E-state index contributed by atoms with van der Waals surface area (Å²) in [5.74, 6) is 0.440. The molecule has 0 aromatic carbocycles. The molecule has 0 N–H and O–H groups in total. The first-order chi connectivity index (χ1) is 10.5. The van der Waals surface area contributed by atoms with Crippen molar-refractivity contribution in [3.63, 3.8) is 0 Å². The number of nitrogens with zero attached hydrogens (tertiary/aromatic N) is 3. The fraction of sp³-hybridized carbons (Fsp3) is 0.533. The zero-order valence-corrected chi connectivity index (χ0v) is 13.6. The van der Waals surface area contributed by atoms with Gasteiger partial charge in [-0.3, -0.25) is 18.7 Å². The van der Waals surface area contributed by atoms with Crippen molar-refractivity contribution in [2.24, 2.45) is 13.0 Å². The summed E-state index contributed by atoms with van der Waals surface area (Å²) in [7, 11) is 1.45. The molecule has 2 aromatic rings. The standard InChI is InChI=1S/C15H19N3O3S/c1-10-4-3-6-17(8-10)12(19)9-18-11-5-7-22-13(11)14(20)16(2)15(18)21/h5,7,10H,3-4,6,8-9H2,1-2H3. The second kappa shape index (κ2) is 5.72. The molecule has 1 atom stereocenters. The van der Waals surface area contributed by atoms with E-state index in [1.165, 1.54) is 23.0 Å². The summed E-state index contributed by atoms with van der Waals surface area (Å²) in [5.41, 5.74) is -0.184. The van der Waals surface area contributed by atoms with Gasteiger partial charge in [0.25, 0.3) is 5.56 Å². The number of amides is 1. The number of rotatable bonds is 2. The number of carbonyl (C=O) groups excluding carboxylic acids is 1. The van der Waals surface area contributed by atoms with E-state index in [1.807, 2.05) is 4.90 Å². The number of likely N-dealkylation sites (tertiary alicyclic amines) is 1. The van der Waals surface area contributed by atoms with Crippen LogP contribution in [0.1, 0.15) is 19.8 Å². The van der Waals surface area contributed by atoms with Gasteiger partial charge in [-0.05, 0) is 30.2 Å². The smallest absolute Gasteiger partial charge is 0.331 e. The summed E-state index contributed by atoms with van der Waals surface area (Å²) in [4.78, 5) is 38.7. The van der Waals surface area contributed by atoms with Gasteiger partial charge in [0.15, 0.2) is 0 Å². The van der Waals surface area contributed by atoms with Crippen LogP contribution in [0.4, 0.5) is 0 Å². The molecule has 0 radical (unpaired) electrons. The molecule has 0 saturated carbocycles. The van der Waals surface area contributed by atoms with Crippen LogP contribution < -0.4 is 11.2 Å². The number of hydrogen-bond acceptors (Lipinski definition) is 4. The van der Waals surface area contributed by atoms with Crippen LogP contribution in [0.25, 0.3) is 10.2 Å². The Balaban J connectivity index is 1.97. The maximum atomic E-state index is 12.5. The zero-order chi connectivity index (χ0) is 15.9. The minimum atomic E-state index is -0.436. The van der Waals surface area contributed by atoms with Crippen LogP contribution in [-0.2, 0) is 18.4 Å². The number of piperidine rings is 1. The van der Waals surface area contributed by atoms with Crippen molar-refractivity contribution in [3.05, 3.63) is 32.3 Å². The number of thiophene rings is 1. The van der Waals surface area contributed by atoms with E-state index in [4.69, 9.17) is 0 Å². The van der Waals surface area contributed by atoms with Crippen LogP contribution in [0.2, 0.25) is 0 Å². The zero-order valence-electron chi connectivity index (χ0n) is 12.7. The average Bonchev–Trinajstić information content (AvgIpc) is 2.98. The van der Waals surface area contributed by atoms with Crippen molar-refractivity contribution in [2.75, 3.05) is 13.1 Å². The van der Waals surface area contributed by atoms with Crippen LogP contribution in [-0.4, -0.2) is 33.0 Å². The van der Waals surface area contributed by atoms with Gasteiger partial charge in [-0.15, -0.1) is 11.3 Å². The molecular formula is C15H19N3O3S. The first-order valence-electron chi connectivity index (χ1n) is 7.44. The lowest BCUT2D eigenvalue weighted by atomic mass is 10.0. The summed E-state index contributed by atoms with van der Waals surface area (Å²) >= 11 is 1.30. The monoisotopic (exact) mass is 321 g/mol. The van der Waals surface area contributed by atoms with Crippen molar-refractivity contribution in [3.8, 4) is 0 Å². The Hall–Kier alpha value is -1.89. The molecule has 1 aliphatic heterocycles. The van der Waals surface area contributed by atoms with E-state index in [1.54, 1.807) is 11.4 Å². The third-order valence-electron chi connectivity index (χ3n) is 4.26. The molecule has 1 unspecified atom stereocenters. The normalized spacial score (nSPS) is 18.8. The van der Waals surface area contributed by atoms with Crippen molar-refractivity contribution >= 4 is 27.5 Å². The molecule has 0 aliphatic carbocycles. The van der Waals surface area contributed by atoms with Crippen LogP contribution in [0, 0.1) is 5.92 Å². The number of hydrogen-bond donors (Lipinski definition) is 0. The second-order valence-electron chi connectivity index (χ2n) is 5.96. The first kappa shape index (κ1) is 15.0. The maximum absolute atomic E-state index is 12.5. The van der Waals surface area contributed by atoms with Crippen LogP contribution in [0.3, 0.4) is 0 Å². The van der Waals surface area contributed by atoms with E-state index in [0.29, 0.717) is 16.1 Å². The third-order valence-corrected chi connectivity index (χ3v) is 5.15. The molecular weight excluding hydrogens is 302 g/mol. The van der Waals surface area contributed by atoms with Gasteiger partial charge in [-0.25, -0.2) is 4.79 Å². The summed E-state index contributed by atoms with van der Waals surface area (Å²) in [5, 5.41) is 1.77. The van der Waals surface area contributed by atoms with Gasteiger partial charge in [-0.2, -0.15) is 0 Å². The number of aromatic nitrogens is 2. The van der Waals surface area contributed by atoms with Gasteiger partial charge in [-0.1, -0.05) is 6.92 Å². The largest absolute Gasteiger partial charge is 0.341 e. The highest BCUT2D eigenvalue weighted by Crippen LogP contribution is 2.17.